The van der Waals surface area contributed by atoms with Gasteiger partial charge in [-0.1, -0.05) is 108 Å². The molecule has 0 saturated heterocycles. The first kappa shape index (κ1) is 23.5. The van der Waals surface area contributed by atoms with Gasteiger partial charge in [0.1, 0.15) is 0 Å². The van der Waals surface area contributed by atoms with Crippen LogP contribution in [0.1, 0.15) is 88.9 Å². The van der Waals surface area contributed by atoms with Gasteiger partial charge in [-0.3, -0.25) is 0 Å². The normalized spacial score (nSPS) is 11.7. The Bertz CT molecular complexity index is 1020. The third-order valence-corrected chi connectivity index (χ3v) is 8.85. The summed E-state index contributed by atoms with van der Waals surface area (Å²) in [5.41, 5.74) is 1.32. The predicted octanol–water partition coefficient (Wildman–Crippen LogP) is 11.0. The maximum absolute atomic E-state index is 2.44. The molecule has 0 aliphatic carbocycles. The number of benzene rings is 2. The van der Waals surface area contributed by atoms with Crippen molar-refractivity contribution in [1.82, 2.24) is 0 Å². The smallest absolute Gasteiger partial charge is 0.0356 e. The van der Waals surface area contributed by atoms with Crippen LogP contribution in [0, 0.1) is 0 Å². The van der Waals surface area contributed by atoms with Gasteiger partial charge in [0.15, 0.2) is 0 Å². The van der Waals surface area contributed by atoms with Crippen LogP contribution in [0.5, 0.6) is 0 Å². The van der Waals surface area contributed by atoms with E-state index in [0.717, 1.165) is 0 Å². The van der Waals surface area contributed by atoms with Crippen molar-refractivity contribution in [3.05, 3.63) is 59.5 Å². The zero-order chi connectivity index (χ0) is 22.0. The molecule has 4 aromatic rings. The van der Waals surface area contributed by atoms with Gasteiger partial charge in [0.25, 0.3) is 0 Å². The minimum Gasteiger partial charge on any atom is -0.140 e. The van der Waals surface area contributed by atoms with E-state index in [-0.39, 0.29) is 0 Å². The number of unbranched alkanes of at least 4 members (excludes halogenated alkanes) is 11. The minimum absolute atomic E-state index is 1.25. The zero-order valence-corrected chi connectivity index (χ0v) is 21.3. The van der Waals surface area contributed by atoms with Crippen LogP contribution < -0.4 is 0 Å². The molecule has 170 valence electrons. The molecule has 0 N–H and O–H groups in total. The van der Waals surface area contributed by atoms with Gasteiger partial charge in [-0.25, -0.2) is 0 Å². The van der Waals surface area contributed by atoms with E-state index in [1.165, 1.54) is 114 Å². The molecule has 2 heterocycles. The van der Waals surface area contributed by atoms with Crippen LogP contribution in [-0.2, 0) is 6.42 Å². The van der Waals surface area contributed by atoms with E-state index >= 15 is 0 Å². The predicted molar refractivity (Wildman–Crippen MR) is 147 cm³/mol. The summed E-state index contributed by atoms with van der Waals surface area (Å²) < 4.78 is 2.86. The summed E-state index contributed by atoms with van der Waals surface area (Å²) >= 11 is 3.92. The fourth-order valence-corrected chi connectivity index (χ4v) is 6.87. The summed E-state index contributed by atoms with van der Waals surface area (Å²) in [4.78, 5) is 2.93. The Hall–Kier alpha value is -1.64. The van der Waals surface area contributed by atoms with Gasteiger partial charge in [-0.2, -0.15) is 0 Å². The molecule has 2 aromatic heterocycles. The topological polar surface area (TPSA) is 0 Å². The fraction of sp³-hybridized carbons (Fsp3) is 0.467. The number of hydrogen-bond acceptors (Lipinski definition) is 2. The van der Waals surface area contributed by atoms with Crippen molar-refractivity contribution in [3.8, 4) is 10.4 Å². The second-order valence-corrected chi connectivity index (χ2v) is 11.5. The average molecular weight is 463 g/mol. The van der Waals surface area contributed by atoms with Crippen molar-refractivity contribution in [2.75, 3.05) is 0 Å². The van der Waals surface area contributed by atoms with Crippen molar-refractivity contribution in [3.63, 3.8) is 0 Å². The molecule has 0 radical (unpaired) electrons. The van der Waals surface area contributed by atoms with Crippen molar-refractivity contribution in [2.24, 2.45) is 0 Å². The van der Waals surface area contributed by atoms with E-state index in [1.807, 2.05) is 22.7 Å². The van der Waals surface area contributed by atoms with Crippen molar-refractivity contribution in [1.29, 1.82) is 0 Å². The van der Waals surface area contributed by atoms with Crippen LogP contribution in [0.15, 0.2) is 54.6 Å². The van der Waals surface area contributed by atoms with E-state index < -0.39 is 0 Å². The Morgan fingerprint density at radius 2 is 1.12 bits per heavy atom. The second kappa shape index (κ2) is 12.6. The first-order valence-corrected chi connectivity index (χ1v) is 14.5. The molecule has 0 nitrogen and oxygen atoms in total. The molecule has 0 aliphatic rings. The molecule has 0 unspecified atom stereocenters. The SMILES string of the molecule is CCCCCCCCCCCCCCc1cc2cc3sc(-c4ccccc4)cc3cc2s1. The lowest BCUT2D eigenvalue weighted by molar-refractivity contribution is 0.544. The maximum Gasteiger partial charge on any atom is 0.0356 e. The van der Waals surface area contributed by atoms with Crippen LogP contribution >= 0.6 is 22.7 Å². The van der Waals surface area contributed by atoms with Gasteiger partial charge >= 0.3 is 0 Å². The average Bonchev–Trinajstić information content (AvgIpc) is 3.41. The third-order valence-electron chi connectivity index (χ3n) is 6.54. The largest absolute Gasteiger partial charge is 0.140 e. The molecule has 0 saturated carbocycles. The summed E-state index contributed by atoms with van der Waals surface area (Å²) in [6, 6.07) is 20.4. The first-order valence-electron chi connectivity index (χ1n) is 12.8. The Kier molecular flexibility index (Phi) is 9.23. The quantitative estimate of drug-likeness (QED) is 0.163. The van der Waals surface area contributed by atoms with E-state index in [4.69, 9.17) is 0 Å². The Balaban J connectivity index is 1.19. The van der Waals surface area contributed by atoms with E-state index in [2.05, 4.69) is 61.5 Å². The van der Waals surface area contributed by atoms with Crippen molar-refractivity contribution < 1.29 is 0 Å². The molecule has 0 spiro atoms. The maximum atomic E-state index is 2.44. The van der Waals surface area contributed by atoms with Crippen molar-refractivity contribution >= 4 is 42.8 Å². The molecule has 0 amide bonds. The lowest BCUT2D eigenvalue weighted by atomic mass is 10.0. The molecular formula is C30H38S2. The standard InChI is InChI=1S/C30H38S2/c1-2-3-4-5-6-7-8-9-10-11-12-16-19-27-20-25-21-30-26(23-29(25)31-27)22-28(32-30)24-17-14-13-15-18-24/h13-15,17-18,20-23H,2-12,16,19H2,1H3. The van der Waals surface area contributed by atoms with Crippen LogP contribution in [-0.4, -0.2) is 0 Å². The molecule has 0 bridgehead atoms. The molecule has 0 atom stereocenters. The summed E-state index contributed by atoms with van der Waals surface area (Å²) in [6.07, 6.45) is 18.3. The van der Waals surface area contributed by atoms with E-state index in [1.54, 1.807) is 4.88 Å². The Morgan fingerprint density at radius 3 is 1.78 bits per heavy atom. The molecule has 0 aliphatic heterocycles. The highest BCUT2D eigenvalue weighted by molar-refractivity contribution is 7.23. The van der Waals surface area contributed by atoms with Gasteiger partial charge in [0.2, 0.25) is 0 Å². The Labute approximate surface area is 202 Å². The molecule has 2 heteroatoms. The summed E-state index contributed by atoms with van der Waals surface area (Å²) in [5, 5.41) is 2.82. The second-order valence-electron chi connectivity index (χ2n) is 9.26. The molecule has 4 rings (SSSR count). The van der Waals surface area contributed by atoms with Gasteiger partial charge in [-0.05, 0) is 53.4 Å². The number of hydrogen-bond donors (Lipinski definition) is 0. The number of fused-ring (bicyclic) bond motifs is 2. The van der Waals surface area contributed by atoms with Gasteiger partial charge in [-0.15, -0.1) is 22.7 Å². The summed E-state index contributed by atoms with van der Waals surface area (Å²) in [7, 11) is 0. The molecular weight excluding hydrogens is 424 g/mol. The van der Waals surface area contributed by atoms with Crippen LogP contribution in [0.25, 0.3) is 30.6 Å². The zero-order valence-electron chi connectivity index (χ0n) is 19.7. The highest BCUT2D eigenvalue weighted by atomic mass is 32.1. The lowest BCUT2D eigenvalue weighted by Gasteiger charge is -2.02. The lowest BCUT2D eigenvalue weighted by Crippen LogP contribution is -1.84. The van der Waals surface area contributed by atoms with Gasteiger partial charge in [0, 0.05) is 19.2 Å². The molecule has 0 fully saturated rings. The van der Waals surface area contributed by atoms with E-state index in [9.17, 15) is 0 Å². The fourth-order valence-electron chi connectivity index (χ4n) is 4.64. The third kappa shape index (κ3) is 6.68. The van der Waals surface area contributed by atoms with Gasteiger partial charge < -0.3 is 0 Å². The number of aryl methyl sites for hydroxylation is 1. The summed E-state index contributed by atoms with van der Waals surface area (Å²) in [6.45, 7) is 2.30. The van der Waals surface area contributed by atoms with Gasteiger partial charge in [0.05, 0.1) is 0 Å². The van der Waals surface area contributed by atoms with Crippen LogP contribution in [0.3, 0.4) is 0 Å². The molecule has 2 aromatic carbocycles. The minimum atomic E-state index is 1.25. The van der Waals surface area contributed by atoms with E-state index in [0.29, 0.717) is 0 Å². The van der Waals surface area contributed by atoms with Crippen LogP contribution in [0.2, 0.25) is 0 Å². The first-order chi connectivity index (χ1) is 15.8. The highest BCUT2D eigenvalue weighted by Gasteiger charge is 2.08. The highest BCUT2D eigenvalue weighted by Crippen LogP contribution is 2.38. The summed E-state index contributed by atoms with van der Waals surface area (Å²) in [5.74, 6) is 0. The Morgan fingerprint density at radius 1 is 0.562 bits per heavy atom. The molecule has 32 heavy (non-hydrogen) atoms. The number of thiophene rings is 2. The monoisotopic (exact) mass is 462 g/mol. The number of rotatable bonds is 14. The van der Waals surface area contributed by atoms with Crippen LogP contribution in [0.4, 0.5) is 0 Å². The van der Waals surface area contributed by atoms with Crippen molar-refractivity contribution in [2.45, 2.75) is 90.4 Å².